The summed E-state index contributed by atoms with van der Waals surface area (Å²) in [5.74, 6) is 1.05. The summed E-state index contributed by atoms with van der Waals surface area (Å²) in [5, 5.41) is 0. The second kappa shape index (κ2) is 6.02. The summed E-state index contributed by atoms with van der Waals surface area (Å²) in [7, 11) is 3.72. The van der Waals surface area contributed by atoms with Gasteiger partial charge in [-0.15, -0.1) is 0 Å². The minimum Gasteiger partial charge on any atom is -0.0841 e. The molecule has 0 saturated heterocycles. The van der Waals surface area contributed by atoms with E-state index in [4.69, 9.17) is 0 Å². The van der Waals surface area contributed by atoms with Crippen molar-refractivity contribution in [2.24, 2.45) is 0 Å². The maximum Gasteiger partial charge on any atom is 0.0292 e. The highest BCUT2D eigenvalue weighted by Crippen LogP contribution is 2.33. The van der Waals surface area contributed by atoms with Gasteiger partial charge in [-0.1, -0.05) is 69.6 Å². The van der Waals surface area contributed by atoms with Crippen LogP contribution < -0.4 is 0 Å². The van der Waals surface area contributed by atoms with Crippen LogP contribution >= 0.6 is 21.6 Å². The topological polar surface area (TPSA) is 0 Å². The second-order valence-electron chi connectivity index (χ2n) is 3.64. The van der Waals surface area contributed by atoms with Gasteiger partial charge < -0.3 is 0 Å². The molecule has 0 spiro atoms. The van der Waals surface area contributed by atoms with E-state index in [0.29, 0.717) is 0 Å². The molecule has 16 heavy (non-hydrogen) atoms. The zero-order valence-electron chi connectivity index (χ0n) is 9.22. The van der Waals surface area contributed by atoms with Crippen LogP contribution in [-0.4, -0.2) is 0 Å². The summed E-state index contributed by atoms with van der Waals surface area (Å²) in [6, 6.07) is 19.2. The molecular formula is C14H14S2. The highest BCUT2D eigenvalue weighted by Gasteiger charge is 1.95. The Labute approximate surface area is 105 Å². The van der Waals surface area contributed by atoms with Gasteiger partial charge in [0.1, 0.15) is 0 Å². The van der Waals surface area contributed by atoms with Gasteiger partial charge in [-0.25, -0.2) is 0 Å². The van der Waals surface area contributed by atoms with Crippen molar-refractivity contribution in [3.63, 3.8) is 0 Å². The van der Waals surface area contributed by atoms with E-state index < -0.39 is 0 Å². The molecule has 0 heterocycles. The Kier molecular flexibility index (Phi) is 4.37. The summed E-state index contributed by atoms with van der Waals surface area (Å²) in [5.41, 5.74) is 2.70. The predicted molar refractivity (Wildman–Crippen MR) is 74.8 cm³/mol. The van der Waals surface area contributed by atoms with Crippen molar-refractivity contribution in [3.05, 3.63) is 65.7 Å². The van der Waals surface area contributed by atoms with Gasteiger partial charge in [0.25, 0.3) is 0 Å². The lowest BCUT2D eigenvalue weighted by Crippen LogP contribution is -1.76. The molecular weight excluding hydrogens is 232 g/mol. The molecule has 0 bridgehead atoms. The highest BCUT2D eigenvalue weighted by molar-refractivity contribution is 8.76. The fraction of sp³-hybridized carbons (Fsp3) is 0.143. The van der Waals surface area contributed by atoms with Crippen LogP contribution in [-0.2, 0) is 5.75 Å². The van der Waals surface area contributed by atoms with Crippen molar-refractivity contribution in [1.82, 2.24) is 0 Å². The van der Waals surface area contributed by atoms with Gasteiger partial charge in [0.2, 0.25) is 0 Å². The molecule has 0 aromatic heterocycles. The minimum atomic E-state index is 1.05. The van der Waals surface area contributed by atoms with Crippen LogP contribution in [0.4, 0.5) is 0 Å². The Hall–Kier alpha value is -0.860. The molecule has 0 aliphatic rings. The number of hydrogen-bond acceptors (Lipinski definition) is 2. The first-order valence-corrected chi connectivity index (χ1v) is 7.56. The predicted octanol–water partition coefficient (Wildman–Crippen LogP) is 4.94. The first-order valence-electron chi connectivity index (χ1n) is 5.25. The summed E-state index contributed by atoms with van der Waals surface area (Å²) < 4.78 is 0. The van der Waals surface area contributed by atoms with Gasteiger partial charge in [-0.05, 0) is 24.6 Å². The molecule has 0 radical (unpaired) electrons. The van der Waals surface area contributed by atoms with E-state index in [1.807, 2.05) is 21.6 Å². The van der Waals surface area contributed by atoms with Crippen molar-refractivity contribution < 1.29 is 0 Å². The summed E-state index contributed by atoms with van der Waals surface area (Å²) in [4.78, 5) is 1.33. The van der Waals surface area contributed by atoms with E-state index in [-0.39, 0.29) is 0 Å². The molecule has 0 nitrogen and oxygen atoms in total. The van der Waals surface area contributed by atoms with Crippen molar-refractivity contribution in [2.45, 2.75) is 17.6 Å². The molecule has 2 rings (SSSR count). The summed E-state index contributed by atoms with van der Waals surface area (Å²) >= 11 is 0. The Morgan fingerprint density at radius 3 is 2.25 bits per heavy atom. The average molecular weight is 246 g/mol. The van der Waals surface area contributed by atoms with Crippen molar-refractivity contribution in [3.8, 4) is 0 Å². The van der Waals surface area contributed by atoms with Gasteiger partial charge in [0.05, 0.1) is 0 Å². The van der Waals surface area contributed by atoms with E-state index in [9.17, 15) is 0 Å². The van der Waals surface area contributed by atoms with Gasteiger partial charge in [0, 0.05) is 10.6 Å². The molecule has 82 valence electrons. The third-order valence-electron chi connectivity index (χ3n) is 2.24. The molecule has 2 heteroatoms. The molecule has 0 saturated carbocycles. The SMILES string of the molecule is Cc1ccc(SSCc2ccccc2)cc1. The standard InChI is InChI=1S/C14H14S2/c1-12-7-9-14(10-8-12)16-15-11-13-5-3-2-4-6-13/h2-10H,11H2,1H3. The zero-order chi connectivity index (χ0) is 11.2. The van der Waals surface area contributed by atoms with Gasteiger partial charge in [-0.3, -0.25) is 0 Å². The Morgan fingerprint density at radius 1 is 0.875 bits per heavy atom. The molecule has 2 aromatic carbocycles. The lowest BCUT2D eigenvalue weighted by atomic mass is 10.2. The van der Waals surface area contributed by atoms with E-state index in [1.54, 1.807) is 0 Å². The van der Waals surface area contributed by atoms with E-state index in [1.165, 1.54) is 16.0 Å². The van der Waals surface area contributed by atoms with E-state index in [0.717, 1.165) is 5.75 Å². The normalized spacial score (nSPS) is 10.3. The fourth-order valence-electron chi connectivity index (χ4n) is 1.33. The van der Waals surface area contributed by atoms with Crippen molar-refractivity contribution in [2.75, 3.05) is 0 Å². The number of benzene rings is 2. The van der Waals surface area contributed by atoms with E-state index >= 15 is 0 Å². The Morgan fingerprint density at radius 2 is 1.56 bits per heavy atom. The maximum atomic E-state index is 2.18. The molecule has 0 atom stereocenters. The fourth-order valence-corrected chi connectivity index (χ4v) is 3.43. The average Bonchev–Trinajstić information content (AvgIpc) is 2.33. The van der Waals surface area contributed by atoms with Gasteiger partial charge >= 0.3 is 0 Å². The van der Waals surface area contributed by atoms with Crippen LogP contribution in [0, 0.1) is 6.92 Å². The molecule has 0 N–H and O–H groups in total. The monoisotopic (exact) mass is 246 g/mol. The van der Waals surface area contributed by atoms with Crippen LogP contribution in [0.25, 0.3) is 0 Å². The summed E-state index contributed by atoms with van der Waals surface area (Å²) in [6.45, 7) is 2.12. The lowest BCUT2D eigenvalue weighted by molar-refractivity contribution is 1.38. The molecule has 0 unspecified atom stereocenters. The molecule has 0 aliphatic carbocycles. The molecule has 0 amide bonds. The third kappa shape index (κ3) is 3.62. The van der Waals surface area contributed by atoms with Crippen LogP contribution in [0.1, 0.15) is 11.1 Å². The zero-order valence-corrected chi connectivity index (χ0v) is 10.9. The molecule has 0 fully saturated rings. The minimum absolute atomic E-state index is 1.05. The van der Waals surface area contributed by atoms with Crippen LogP contribution in [0.3, 0.4) is 0 Å². The van der Waals surface area contributed by atoms with Gasteiger partial charge in [0.15, 0.2) is 0 Å². The lowest BCUT2D eigenvalue weighted by Gasteiger charge is -2.01. The van der Waals surface area contributed by atoms with Gasteiger partial charge in [-0.2, -0.15) is 0 Å². The van der Waals surface area contributed by atoms with Crippen molar-refractivity contribution >= 4 is 21.6 Å². The largest absolute Gasteiger partial charge is 0.0841 e. The quantitative estimate of drug-likeness (QED) is 0.701. The smallest absolute Gasteiger partial charge is 0.0292 e. The third-order valence-corrected chi connectivity index (χ3v) is 4.56. The van der Waals surface area contributed by atoms with Crippen molar-refractivity contribution in [1.29, 1.82) is 0 Å². The second-order valence-corrected chi connectivity index (χ2v) is 6.01. The first-order chi connectivity index (χ1) is 7.84. The number of rotatable bonds is 4. The van der Waals surface area contributed by atoms with Crippen LogP contribution in [0.15, 0.2) is 59.5 Å². The Bertz CT molecular complexity index is 420. The maximum absolute atomic E-state index is 2.18. The Balaban J connectivity index is 1.82. The highest BCUT2D eigenvalue weighted by atomic mass is 33.1. The number of hydrogen-bond donors (Lipinski definition) is 0. The first kappa shape index (κ1) is 11.6. The molecule has 0 aliphatic heterocycles. The van der Waals surface area contributed by atoms with Crippen LogP contribution in [0.2, 0.25) is 0 Å². The van der Waals surface area contributed by atoms with Crippen LogP contribution in [0.5, 0.6) is 0 Å². The van der Waals surface area contributed by atoms with E-state index in [2.05, 4.69) is 61.5 Å². The summed E-state index contributed by atoms with van der Waals surface area (Å²) in [6.07, 6.45) is 0. The molecule has 2 aromatic rings. The number of aryl methyl sites for hydroxylation is 1.